The highest BCUT2D eigenvalue weighted by Gasteiger charge is 2.17. The molecule has 0 saturated carbocycles. The van der Waals surface area contributed by atoms with E-state index >= 15 is 0 Å². The molecule has 0 radical (unpaired) electrons. The number of alkyl halides is 2. The summed E-state index contributed by atoms with van der Waals surface area (Å²) in [6.45, 7) is 2.23. The van der Waals surface area contributed by atoms with Crippen LogP contribution in [0.3, 0.4) is 0 Å². The Balaban J connectivity index is 2.53. The number of carbonyl (C=O) groups is 1. The first-order valence-electron chi connectivity index (χ1n) is 6.95. The van der Waals surface area contributed by atoms with E-state index in [1.54, 1.807) is 12.1 Å². The first-order valence-corrected chi connectivity index (χ1v) is 6.95. The number of rotatable bonds is 8. The normalized spacial score (nSPS) is 12.5. The van der Waals surface area contributed by atoms with Crippen molar-refractivity contribution in [3.05, 3.63) is 29.8 Å². The largest absolute Gasteiger partial charge is 0.435 e. The van der Waals surface area contributed by atoms with Crippen LogP contribution in [-0.2, 0) is 11.3 Å². The van der Waals surface area contributed by atoms with Crippen LogP contribution in [0.1, 0.15) is 25.8 Å². The molecule has 0 spiro atoms. The highest BCUT2D eigenvalue weighted by molar-refractivity contribution is 5.81. The molecule has 0 aliphatic carbocycles. The summed E-state index contributed by atoms with van der Waals surface area (Å²) < 4.78 is 28.4. The van der Waals surface area contributed by atoms with Crippen molar-refractivity contribution in [1.82, 2.24) is 10.2 Å². The molecule has 0 aliphatic heterocycles. The maximum absolute atomic E-state index is 12.1. The molecular formula is C15H22F2N2O2. The van der Waals surface area contributed by atoms with Gasteiger partial charge >= 0.3 is 6.61 Å². The third-order valence-electron chi connectivity index (χ3n) is 3.17. The molecule has 1 amide bonds. The molecule has 118 valence electrons. The van der Waals surface area contributed by atoms with E-state index in [2.05, 4.69) is 10.1 Å². The molecule has 6 heteroatoms. The molecule has 0 heterocycles. The number of nitrogens with one attached hydrogen (secondary N) is 1. The summed E-state index contributed by atoms with van der Waals surface area (Å²) in [5.74, 6) is 0.113. The van der Waals surface area contributed by atoms with Gasteiger partial charge in [-0.1, -0.05) is 19.1 Å². The van der Waals surface area contributed by atoms with Crippen LogP contribution in [0.15, 0.2) is 24.3 Å². The number of amides is 1. The summed E-state index contributed by atoms with van der Waals surface area (Å²) in [6, 6.07) is 6.16. The molecule has 1 atom stereocenters. The van der Waals surface area contributed by atoms with E-state index < -0.39 is 6.61 Å². The fraction of sp³-hybridized carbons (Fsp3) is 0.533. The Hall–Kier alpha value is -1.69. The number of ether oxygens (including phenoxy) is 1. The van der Waals surface area contributed by atoms with Gasteiger partial charge in [-0.3, -0.25) is 9.69 Å². The van der Waals surface area contributed by atoms with Crippen molar-refractivity contribution < 1.29 is 18.3 Å². The van der Waals surface area contributed by atoms with Crippen molar-refractivity contribution >= 4 is 5.91 Å². The van der Waals surface area contributed by atoms with Crippen LogP contribution >= 0.6 is 0 Å². The van der Waals surface area contributed by atoms with E-state index in [1.165, 1.54) is 12.1 Å². The van der Waals surface area contributed by atoms with Crippen molar-refractivity contribution in [3.63, 3.8) is 0 Å². The van der Waals surface area contributed by atoms with Gasteiger partial charge in [-0.05, 0) is 38.1 Å². The molecule has 0 bridgehead atoms. The van der Waals surface area contributed by atoms with Gasteiger partial charge in [0.15, 0.2) is 0 Å². The van der Waals surface area contributed by atoms with Gasteiger partial charge in [0.2, 0.25) is 5.91 Å². The van der Waals surface area contributed by atoms with Crippen LogP contribution in [0, 0.1) is 0 Å². The lowest BCUT2D eigenvalue weighted by Gasteiger charge is -2.24. The Morgan fingerprint density at radius 1 is 1.33 bits per heavy atom. The number of likely N-dealkylation sites (N-methyl/N-ethyl adjacent to an activating group) is 1. The van der Waals surface area contributed by atoms with Crippen LogP contribution < -0.4 is 10.1 Å². The Bertz CT molecular complexity index is 438. The molecule has 1 N–H and O–H groups in total. The van der Waals surface area contributed by atoms with Gasteiger partial charge in [0.25, 0.3) is 0 Å². The maximum atomic E-state index is 12.1. The number of halogens is 2. The van der Waals surface area contributed by atoms with Crippen LogP contribution in [0.2, 0.25) is 0 Å². The topological polar surface area (TPSA) is 41.6 Å². The summed E-state index contributed by atoms with van der Waals surface area (Å²) in [7, 11) is 1.85. The van der Waals surface area contributed by atoms with Crippen molar-refractivity contribution in [2.75, 3.05) is 13.6 Å². The molecule has 0 unspecified atom stereocenters. The smallest absolute Gasteiger partial charge is 0.387 e. The number of benzene rings is 1. The van der Waals surface area contributed by atoms with E-state index in [0.29, 0.717) is 13.1 Å². The summed E-state index contributed by atoms with van der Waals surface area (Å²) in [4.78, 5) is 13.7. The second-order valence-electron chi connectivity index (χ2n) is 4.90. The van der Waals surface area contributed by atoms with Crippen LogP contribution in [0.5, 0.6) is 5.75 Å². The minimum absolute atomic E-state index is 0.0167. The standard InChI is InChI=1S/C15H22F2N2O2/c1-4-9-18-14(20)11(2)19(3)10-12-5-7-13(8-6-12)21-15(16)17/h5-8,11,15H,4,9-10H2,1-3H3,(H,18,20)/t11-/m1/s1. The number of nitrogens with zero attached hydrogens (tertiary/aromatic N) is 1. The summed E-state index contributed by atoms with van der Waals surface area (Å²) >= 11 is 0. The molecular weight excluding hydrogens is 278 g/mol. The Morgan fingerprint density at radius 3 is 2.48 bits per heavy atom. The molecule has 0 fully saturated rings. The highest BCUT2D eigenvalue weighted by Crippen LogP contribution is 2.16. The maximum Gasteiger partial charge on any atom is 0.387 e. The third kappa shape index (κ3) is 6.08. The van der Waals surface area contributed by atoms with Crippen molar-refractivity contribution in [2.45, 2.75) is 39.5 Å². The minimum atomic E-state index is -2.82. The van der Waals surface area contributed by atoms with Crippen LogP contribution in [0.25, 0.3) is 0 Å². The van der Waals surface area contributed by atoms with Gasteiger partial charge < -0.3 is 10.1 Å². The van der Waals surface area contributed by atoms with Gasteiger partial charge in [-0.2, -0.15) is 8.78 Å². The lowest BCUT2D eigenvalue weighted by Crippen LogP contribution is -2.43. The molecule has 4 nitrogen and oxygen atoms in total. The second-order valence-corrected chi connectivity index (χ2v) is 4.90. The van der Waals surface area contributed by atoms with Crippen molar-refractivity contribution in [3.8, 4) is 5.75 Å². The van der Waals surface area contributed by atoms with E-state index in [1.807, 2.05) is 25.8 Å². The highest BCUT2D eigenvalue weighted by atomic mass is 19.3. The zero-order chi connectivity index (χ0) is 15.8. The summed E-state index contributed by atoms with van der Waals surface area (Å²) in [5, 5.41) is 2.85. The summed E-state index contributed by atoms with van der Waals surface area (Å²) in [5.41, 5.74) is 0.925. The van der Waals surface area contributed by atoms with E-state index in [9.17, 15) is 13.6 Å². The first-order chi connectivity index (χ1) is 9.93. The quantitative estimate of drug-likeness (QED) is 0.802. The first kappa shape index (κ1) is 17.4. The third-order valence-corrected chi connectivity index (χ3v) is 3.17. The lowest BCUT2D eigenvalue weighted by molar-refractivity contribution is -0.125. The van der Waals surface area contributed by atoms with E-state index in [0.717, 1.165) is 12.0 Å². The number of hydrogen-bond donors (Lipinski definition) is 1. The number of carbonyl (C=O) groups excluding carboxylic acids is 1. The Labute approximate surface area is 124 Å². The van der Waals surface area contributed by atoms with Gasteiger partial charge in [0, 0.05) is 13.1 Å². The van der Waals surface area contributed by atoms with Crippen molar-refractivity contribution in [2.24, 2.45) is 0 Å². The Morgan fingerprint density at radius 2 is 1.95 bits per heavy atom. The Kier molecular flexibility index (Phi) is 7.08. The zero-order valence-electron chi connectivity index (χ0n) is 12.6. The average Bonchev–Trinajstić information content (AvgIpc) is 2.45. The molecule has 1 aromatic rings. The lowest BCUT2D eigenvalue weighted by atomic mass is 10.2. The molecule has 0 aliphatic rings. The molecule has 21 heavy (non-hydrogen) atoms. The monoisotopic (exact) mass is 300 g/mol. The second kappa shape index (κ2) is 8.56. The van der Waals surface area contributed by atoms with Crippen LogP contribution in [0.4, 0.5) is 8.78 Å². The minimum Gasteiger partial charge on any atom is -0.435 e. The zero-order valence-corrected chi connectivity index (χ0v) is 12.6. The van der Waals surface area contributed by atoms with Crippen LogP contribution in [-0.4, -0.2) is 37.1 Å². The average molecular weight is 300 g/mol. The predicted molar refractivity (Wildman–Crippen MR) is 77.3 cm³/mol. The molecule has 1 aromatic carbocycles. The van der Waals surface area contributed by atoms with E-state index in [4.69, 9.17) is 0 Å². The predicted octanol–water partition coefficient (Wildman–Crippen LogP) is 2.63. The molecule has 1 rings (SSSR count). The van der Waals surface area contributed by atoms with Gasteiger partial charge in [-0.15, -0.1) is 0 Å². The van der Waals surface area contributed by atoms with Crippen molar-refractivity contribution in [1.29, 1.82) is 0 Å². The molecule has 0 aromatic heterocycles. The fourth-order valence-corrected chi connectivity index (χ4v) is 1.80. The fourth-order valence-electron chi connectivity index (χ4n) is 1.80. The van der Waals surface area contributed by atoms with Gasteiger partial charge in [0.1, 0.15) is 5.75 Å². The SMILES string of the molecule is CCCNC(=O)[C@@H](C)N(C)Cc1ccc(OC(F)F)cc1. The number of hydrogen-bond acceptors (Lipinski definition) is 3. The molecule has 0 saturated heterocycles. The van der Waals surface area contributed by atoms with Gasteiger partial charge in [-0.25, -0.2) is 0 Å². The van der Waals surface area contributed by atoms with E-state index in [-0.39, 0.29) is 17.7 Å². The summed E-state index contributed by atoms with van der Waals surface area (Å²) in [6.07, 6.45) is 0.897. The van der Waals surface area contributed by atoms with Gasteiger partial charge in [0.05, 0.1) is 6.04 Å².